The number of hydrogen-bond acceptors (Lipinski definition) is 5. The van der Waals surface area contributed by atoms with Crippen LogP contribution in [0.3, 0.4) is 0 Å². The zero-order valence-corrected chi connectivity index (χ0v) is 14.2. The minimum atomic E-state index is -0.421. The van der Waals surface area contributed by atoms with Gasteiger partial charge in [0, 0.05) is 38.3 Å². The van der Waals surface area contributed by atoms with Gasteiger partial charge in [-0.2, -0.15) is 0 Å². The number of hydrogen-bond donors (Lipinski definition) is 1. The molecule has 1 aromatic carbocycles. The average Bonchev–Trinajstić information content (AvgIpc) is 3.15. The molecule has 3 rings (SSSR count). The third kappa shape index (κ3) is 4.26. The summed E-state index contributed by atoms with van der Waals surface area (Å²) in [6, 6.07) is 7.81. The lowest BCUT2D eigenvalue weighted by Crippen LogP contribution is -2.50. The van der Waals surface area contributed by atoms with Crippen LogP contribution >= 0.6 is 0 Å². The zero-order valence-electron chi connectivity index (χ0n) is 14.2. The van der Waals surface area contributed by atoms with E-state index in [1.165, 1.54) is 0 Å². The first-order valence-electron chi connectivity index (χ1n) is 8.62. The predicted molar refractivity (Wildman–Crippen MR) is 90.0 cm³/mol. The van der Waals surface area contributed by atoms with Crippen molar-refractivity contribution in [2.45, 2.75) is 31.6 Å². The van der Waals surface area contributed by atoms with Gasteiger partial charge in [0.1, 0.15) is 11.9 Å². The van der Waals surface area contributed by atoms with Crippen LogP contribution in [0.5, 0.6) is 5.75 Å². The molecule has 2 aliphatic rings. The molecular formula is C18H26N2O4. The van der Waals surface area contributed by atoms with Gasteiger partial charge in [0.2, 0.25) is 0 Å². The minimum Gasteiger partial charge on any atom is -0.496 e. The Morgan fingerprint density at radius 3 is 2.92 bits per heavy atom. The third-order valence-electron chi connectivity index (χ3n) is 4.52. The number of carbonyl (C=O) groups excluding carboxylic acids is 1. The highest BCUT2D eigenvalue weighted by atomic mass is 16.5. The number of nitrogens with one attached hydrogen (secondary N) is 1. The highest BCUT2D eigenvalue weighted by molar-refractivity contribution is 5.81. The van der Waals surface area contributed by atoms with Gasteiger partial charge in [-0.05, 0) is 18.9 Å². The van der Waals surface area contributed by atoms with Gasteiger partial charge < -0.3 is 24.4 Å². The molecule has 0 saturated carbocycles. The highest BCUT2D eigenvalue weighted by Gasteiger charge is 2.30. The Morgan fingerprint density at radius 2 is 2.21 bits per heavy atom. The van der Waals surface area contributed by atoms with Crippen LogP contribution in [0.2, 0.25) is 0 Å². The molecule has 2 aliphatic heterocycles. The lowest BCUT2D eigenvalue weighted by molar-refractivity contribution is -0.147. The molecule has 1 aromatic rings. The van der Waals surface area contributed by atoms with E-state index in [0.717, 1.165) is 37.3 Å². The van der Waals surface area contributed by atoms with Gasteiger partial charge >= 0.3 is 0 Å². The van der Waals surface area contributed by atoms with Crippen LogP contribution in [0.25, 0.3) is 0 Å². The molecule has 0 bridgehead atoms. The van der Waals surface area contributed by atoms with Crippen LogP contribution in [0.1, 0.15) is 18.4 Å². The van der Waals surface area contributed by atoms with Gasteiger partial charge in [-0.3, -0.25) is 4.79 Å². The van der Waals surface area contributed by atoms with E-state index in [2.05, 4.69) is 5.32 Å². The number of nitrogens with zero attached hydrogens (tertiary/aromatic N) is 1. The predicted octanol–water partition coefficient (Wildman–Crippen LogP) is 1.19. The smallest absolute Gasteiger partial charge is 0.253 e. The number of para-hydroxylation sites is 1. The van der Waals surface area contributed by atoms with E-state index in [1.54, 1.807) is 7.11 Å². The Balaban J connectivity index is 1.74. The molecular weight excluding hydrogens is 308 g/mol. The fraction of sp³-hybridized carbons (Fsp3) is 0.611. The van der Waals surface area contributed by atoms with E-state index in [0.29, 0.717) is 26.2 Å². The van der Waals surface area contributed by atoms with Gasteiger partial charge in [0.25, 0.3) is 5.91 Å². The number of rotatable bonds is 6. The van der Waals surface area contributed by atoms with Gasteiger partial charge in [-0.25, -0.2) is 0 Å². The van der Waals surface area contributed by atoms with Gasteiger partial charge in [0.15, 0.2) is 0 Å². The van der Waals surface area contributed by atoms with Crippen molar-refractivity contribution in [3.8, 4) is 5.75 Å². The van der Waals surface area contributed by atoms with Gasteiger partial charge in [0.05, 0.1) is 19.8 Å². The summed E-state index contributed by atoms with van der Waals surface area (Å²) in [4.78, 5) is 14.8. The number of benzene rings is 1. The molecule has 0 aliphatic carbocycles. The quantitative estimate of drug-likeness (QED) is 0.847. The molecule has 1 amide bonds. The second kappa shape index (κ2) is 8.46. The first kappa shape index (κ1) is 17.2. The Kier molecular flexibility index (Phi) is 6.07. The summed E-state index contributed by atoms with van der Waals surface area (Å²) < 4.78 is 16.8. The fourth-order valence-electron chi connectivity index (χ4n) is 3.23. The summed E-state index contributed by atoms with van der Waals surface area (Å²) in [6.07, 6.45) is 1.75. The second-order valence-electron chi connectivity index (χ2n) is 6.23. The minimum absolute atomic E-state index is 0.0172. The Labute approximate surface area is 143 Å². The summed E-state index contributed by atoms with van der Waals surface area (Å²) in [5.41, 5.74) is 0.995. The second-order valence-corrected chi connectivity index (χ2v) is 6.23. The van der Waals surface area contributed by atoms with E-state index in [4.69, 9.17) is 14.2 Å². The molecule has 24 heavy (non-hydrogen) atoms. The monoisotopic (exact) mass is 334 g/mol. The molecule has 0 unspecified atom stereocenters. The number of ether oxygens (including phenoxy) is 3. The summed E-state index contributed by atoms with van der Waals surface area (Å²) in [6.45, 7) is 3.80. The van der Waals surface area contributed by atoms with Crippen LogP contribution in [0.4, 0.5) is 0 Å². The topological polar surface area (TPSA) is 60.0 Å². The van der Waals surface area contributed by atoms with E-state index in [9.17, 15) is 4.79 Å². The van der Waals surface area contributed by atoms with Gasteiger partial charge in [-0.1, -0.05) is 18.2 Å². The van der Waals surface area contributed by atoms with Crippen molar-refractivity contribution < 1.29 is 19.0 Å². The Hall–Kier alpha value is -1.63. The van der Waals surface area contributed by atoms with Crippen molar-refractivity contribution in [3.63, 3.8) is 0 Å². The van der Waals surface area contributed by atoms with Gasteiger partial charge in [-0.15, -0.1) is 0 Å². The number of carbonyl (C=O) groups is 1. The largest absolute Gasteiger partial charge is 0.496 e. The van der Waals surface area contributed by atoms with Crippen molar-refractivity contribution >= 4 is 5.91 Å². The fourth-order valence-corrected chi connectivity index (χ4v) is 3.23. The number of amides is 1. The SMILES string of the molecule is COc1ccccc1CN(C[C@H]1CCCO1)C(=O)[C@@H]1CNCCO1. The molecule has 1 N–H and O–H groups in total. The molecule has 6 nitrogen and oxygen atoms in total. The van der Waals surface area contributed by atoms with Crippen molar-refractivity contribution in [1.29, 1.82) is 0 Å². The van der Waals surface area contributed by atoms with Crippen molar-refractivity contribution in [2.75, 3.05) is 40.0 Å². The first-order valence-corrected chi connectivity index (χ1v) is 8.62. The summed E-state index contributed by atoms with van der Waals surface area (Å²) >= 11 is 0. The van der Waals surface area contributed by atoms with E-state index >= 15 is 0 Å². The summed E-state index contributed by atoms with van der Waals surface area (Å²) in [7, 11) is 1.65. The maximum atomic E-state index is 13.0. The molecule has 0 spiro atoms. The number of methoxy groups -OCH3 is 1. The van der Waals surface area contributed by atoms with Crippen LogP contribution in [-0.2, 0) is 20.8 Å². The lowest BCUT2D eigenvalue weighted by atomic mass is 10.1. The normalized spacial score (nSPS) is 23.9. The maximum absolute atomic E-state index is 13.0. The standard InChI is InChI=1S/C18H26N2O4/c1-22-16-7-3-2-5-14(16)12-20(13-15-6-4-9-23-15)18(21)17-11-19-8-10-24-17/h2-3,5,7,15,17,19H,4,6,8-13H2,1H3/t15-,17+/m1/s1. The van der Waals surface area contributed by atoms with E-state index in [1.807, 2.05) is 29.2 Å². The Bertz CT molecular complexity index is 540. The van der Waals surface area contributed by atoms with Crippen molar-refractivity contribution in [3.05, 3.63) is 29.8 Å². The molecule has 132 valence electrons. The number of morpholine rings is 1. The lowest BCUT2D eigenvalue weighted by Gasteiger charge is -2.31. The van der Waals surface area contributed by atoms with E-state index < -0.39 is 6.10 Å². The maximum Gasteiger partial charge on any atom is 0.253 e. The van der Waals surface area contributed by atoms with Crippen molar-refractivity contribution in [2.24, 2.45) is 0 Å². The third-order valence-corrected chi connectivity index (χ3v) is 4.52. The van der Waals surface area contributed by atoms with Crippen LogP contribution in [0.15, 0.2) is 24.3 Å². The van der Waals surface area contributed by atoms with Crippen LogP contribution in [-0.4, -0.2) is 63.0 Å². The zero-order chi connectivity index (χ0) is 16.8. The van der Waals surface area contributed by atoms with E-state index in [-0.39, 0.29) is 12.0 Å². The Morgan fingerprint density at radius 1 is 1.33 bits per heavy atom. The molecule has 2 heterocycles. The summed E-state index contributed by atoms with van der Waals surface area (Å²) in [5.74, 6) is 0.814. The average molecular weight is 334 g/mol. The first-order chi connectivity index (χ1) is 11.8. The molecule has 0 radical (unpaired) electrons. The molecule has 2 saturated heterocycles. The van der Waals surface area contributed by atoms with Crippen LogP contribution in [0, 0.1) is 0 Å². The summed E-state index contributed by atoms with van der Waals surface area (Å²) in [5, 5.41) is 3.22. The molecule has 2 fully saturated rings. The highest BCUT2D eigenvalue weighted by Crippen LogP contribution is 2.22. The molecule has 6 heteroatoms. The molecule has 0 aromatic heterocycles. The van der Waals surface area contributed by atoms with Crippen LogP contribution < -0.4 is 10.1 Å². The van der Waals surface area contributed by atoms with Crippen molar-refractivity contribution in [1.82, 2.24) is 10.2 Å². The molecule has 2 atom stereocenters.